The van der Waals surface area contributed by atoms with Crippen LogP contribution in [0.2, 0.25) is 0 Å². The van der Waals surface area contributed by atoms with Gasteiger partial charge in [-0.05, 0) is 24.6 Å². The second kappa shape index (κ2) is 20.3. The van der Waals surface area contributed by atoms with Crippen LogP contribution in [0.15, 0.2) is 42.2 Å². The fourth-order valence-corrected chi connectivity index (χ4v) is 3.37. The van der Waals surface area contributed by atoms with E-state index in [9.17, 15) is 10.4 Å². The van der Waals surface area contributed by atoms with Crippen molar-refractivity contribution in [3.05, 3.63) is 42.2 Å². The molecule has 1 aliphatic carbocycles. The van der Waals surface area contributed by atoms with Gasteiger partial charge in [-0.25, -0.2) is 0 Å². The van der Waals surface area contributed by atoms with Crippen LogP contribution >= 0.6 is 0 Å². The Morgan fingerprint density at radius 2 is 1.47 bits per heavy atom. The van der Waals surface area contributed by atoms with Crippen molar-refractivity contribution in [3.63, 3.8) is 0 Å². The number of para-hydroxylation sites is 1. The summed E-state index contributed by atoms with van der Waals surface area (Å²) in [6.07, 6.45) is 7.91. The minimum Gasteiger partial charge on any atom is -0.495 e. The van der Waals surface area contributed by atoms with Gasteiger partial charge in [0.2, 0.25) is 5.71 Å². The Morgan fingerprint density at radius 3 is 2.13 bits per heavy atom. The fraction of sp³-hybridized carbons (Fsp3) is 0.593. The Kier molecular flexibility index (Phi) is 16.9. The predicted octanol–water partition coefficient (Wildman–Crippen LogP) is 3.71. The minimum absolute atomic E-state index is 0.247. The number of unbranched alkanes of at least 4 members (excludes halogenated alkanes) is 1. The van der Waals surface area contributed by atoms with Gasteiger partial charge < -0.3 is 33.2 Å². The highest BCUT2D eigenvalue weighted by Gasteiger charge is 2.27. The Labute approximate surface area is 225 Å². The van der Waals surface area contributed by atoms with Gasteiger partial charge in [0, 0.05) is 24.5 Å². The maximum absolute atomic E-state index is 11.1. The SMILES string of the molecule is CCCCOCCOCCOC1=CC=C/C(=[N+](\O)c2c(NO)cccc2OCCOCCOCCOC)C1. The van der Waals surface area contributed by atoms with Crippen molar-refractivity contribution in [1.82, 2.24) is 0 Å². The molecule has 0 heterocycles. The van der Waals surface area contributed by atoms with Crippen molar-refractivity contribution in [1.29, 1.82) is 0 Å². The Bertz CT molecular complexity index is 874. The summed E-state index contributed by atoms with van der Waals surface area (Å²) in [4.78, 5) is 0. The van der Waals surface area contributed by atoms with Gasteiger partial charge in [0.25, 0.3) is 0 Å². The molecule has 2 rings (SSSR count). The molecule has 0 fully saturated rings. The summed E-state index contributed by atoms with van der Waals surface area (Å²) in [6.45, 7) is 7.33. The van der Waals surface area contributed by atoms with Gasteiger partial charge >= 0.3 is 5.69 Å². The van der Waals surface area contributed by atoms with Gasteiger partial charge in [0.15, 0.2) is 5.75 Å². The van der Waals surface area contributed by atoms with E-state index in [0.29, 0.717) is 83.1 Å². The lowest BCUT2D eigenvalue weighted by Gasteiger charge is -2.14. The van der Waals surface area contributed by atoms with E-state index in [1.165, 1.54) is 0 Å². The average Bonchev–Trinajstić information content (AvgIpc) is 2.95. The quantitative estimate of drug-likeness (QED) is 0.0870. The van der Waals surface area contributed by atoms with E-state index in [1.54, 1.807) is 37.5 Å². The molecule has 1 aromatic carbocycles. The first-order valence-electron chi connectivity index (χ1n) is 13.0. The van der Waals surface area contributed by atoms with E-state index in [0.717, 1.165) is 24.2 Å². The molecule has 38 heavy (non-hydrogen) atoms. The molecule has 11 nitrogen and oxygen atoms in total. The number of rotatable bonds is 22. The van der Waals surface area contributed by atoms with E-state index in [1.807, 2.05) is 6.08 Å². The summed E-state index contributed by atoms with van der Waals surface area (Å²) >= 11 is 0. The van der Waals surface area contributed by atoms with Crippen LogP contribution in [0.5, 0.6) is 5.75 Å². The average molecular weight is 540 g/mol. The molecule has 0 saturated carbocycles. The molecule has 0 saturated heterocycles. The molecule has 214 valence electrons. The molecule has 0 amide bonds. The maximum atomic E-state index is 11.1. The van der Waals surface area contributed by atoms with Crippen molar-refractivity contribution in [2.75, 3.05) is 85.3 Å². The molecule has 1 aliphatic rings. The maximum Gasteiger partial charge on any atom is 0.324 e. The van der Waals surface area contributed by atoms with Gasteiger partial charge in [0.1, 0.15) is 24.7 Å². The van der Waals surface area contributed by atoms with Gasteiger partial charge in [-0.15, -0.1) is 0 Å². The Balaban J connectivity index is 1.84. The summed E-state index contributed by atoms with van der Waals surface area (Å²) in [5, 5.41) is 20.7. The number of benzene rings is 1. The van der Waals surface area contributed by atoms with Crippen molar-refractivity contribution in [2.45, 2.75) is 26.2 Å². The third kappa shape index (κ3) is 12.2. The Morgan fingerprint density at radius 1 is 0.842 bits per heavy atom. The van der Waals surface area contributed by atoms with Crippen molar-refractivity contribution in [3.8, 4) is 5.75 Å². The lowest BCUT2D eigenvalue weighted by Crippen LogP contribution is -2.18. The van der Waals surface area contributed by atoms with Crippen LogP contribution in [-0.2, 0) is 28.4 Å². The first kappa shape index (κ1) is 31.5. The first-order chi connectivity index (χ1) is 18.7. The molecule has 1 aromatic rings. The highest BCUT2D eigenvalue weighted by atomic mass is 16.6. The van der Waals surface area contributed by atoms with Crippen LogP contribution in [0.4, 0.5) is 11.4 Å². The molecule has 11 heteroatoms. The third-order valence-corrected chi connectivity index (χ3v) is 5.35. The minimum atomic E-state index is 0.247. The molecular weight excluding hydrogens is 496 g/mol. The third-order valence-electron chi connectivity index (χ3n) is 5.35. The number of ether oxygens (including phenoxy) is 7. The van der Waals surface area contributed by atoms with Crippen LogP contribution in [0.25, 0.3) is 0 Å². The number of nitrogens with one attached hydrogen (secondary N) is 1. The van der Waals surface area contributed by atoms with Gasteiger partial charge in [-0.3, -0.25) is 15.9 Å². The molecule has 0 atom stereocenters. The predicted molar refractivity (Wildman–Crippen MR) is 142 cm³/mol. The van der Waals surface area contributed by atoms with Crippen LogP contribution in [0.3, 0.4) is 0 Å². The van der Waals surface area contributed by atoms with Crippen molar-refractivity contribution < 1.29 is 48.3 Å². The largest absolute Gasteiger partial charge is 0.495 e. The van der Waals surface area contributed by atoms with Gasteiger partial charge in [-0.2, -0.15) is 0 Å². The summed E-state index contributed by atoms with van der Waals surface area (Å²) < 4.78 is 39.4. The van der Waals surface area contributed by atoms with E-state index in [4.69, 9.17) is 33.2 Å². The molecule has 0 unspecified atom stereocenters. The summed E-state index contributed by atoms with van der Waals surface area (Å²) in [5.41, 5.74) is 3.22. The molecule has 0 bridgehead atoms. The zero-order valence-corrected chi connectivity index (χ0v) is 22.6. The van der Waals surface area contributed by atoms with Gasteiger partial charge in [0.05, 0.1) is 59.3 Å². The zero-order valence-electron chi connectivity index (χ0n) is 22.6. The zero-order chi connectivity index (χ0) is 27.3. The number of hydrogen-bond donors (Lipinski definition) is 3. The molecule has 0 aliphatic heterocycles. The summed E-state index contributed by atoms with van der Waals surface area (Å²) in [7, 11) is 1.62. The number of nitrogens with zero attached hydrogens (tertiary/aromatic N) is 1. The van der Waals surface area contributed by atoms with Crippen LogP contribution in [0, 0.1) is 0 Å². The highest BCUT2D eigenvalue weighted by molar-refractivity contribution is 5.94. The summed E-state index contributed by atoms with van der Waals surface area (Å²) in [5.74, 6) is 1.06. The second-order valence-electron chi connectivity index (χ2n) is 8.23. The monoisotopic (exact) mass is 539 g/mol. The van der Waals surface area contributed by atoms with Crippen molar-refractivity contribution in [2.24, 2.45) is 0 Å². The standard InChI is InChI=1S/C27H43N2O9/c1-3-4-11-33-14-15-35-18-20-37-24-8-5-7-23(22-24)29(31)27-25(28-30)9-6-10-26(27)38-21-19-36-17-16-34-13-12-32-2/h5-10,28,30-31H,3-4,11-22H2,1-2H3/q+1/b29-23+. The van der Waals surface area contributed by atoms with E-state index in [-0.39, 0.29) is 18.0 Å². The van der Waals surface area contributed by atoms with E-state index < -0.39 is 0 Å². The first-order valence-corrected chi connectivity index (χ1v) is 13.0. The summed E-state index contributed by atoms with van der Waals surface area (Å²) in [6, 6.07) is 5.04. The van der Waals surface area contributed by atoms with E-state index in [2.05, 4.69) is 12.4 Å². The highest BCUT2D eigenvalue weighted by Crippen LogP contribution is 2.35. The molecule has 0 spiro atoms. The lowest BCUT2D eigenvalue weighted by molar-refractivity contribution is -0.712. The van der Waals surface area contributed by atoms with E-state index >= 15 is 0 Å². The van der Waals surface area contributed by atoms with Crippen LogP contribution < -0.4 is 10.2 Å². The molecule has 0 aromatic heterocycles. The second-order valence-corrected chi connectivity index (χ2v) is 8.23. The molecular formula is C27H43N2O9+. The number of methoxy groups -OCH3 is 1. The van der Waals surface area contributed by atoms with Crippen LogP contribution in [0.1, 0.15) is 26.2 Å². The molecule has 3 N–H and O–H groups in total. The lowest BCUT2D eigenvalue weighted by atomic mass is 10.1. The van der Waals surface area contributed by atoms with Crippen molar-refractivity contribution >= 4 is 17.1 Å². The topological polar surface area (TPSA) is 120 Å². The normalized spacial score (nSPS) is 14.3. The number of anilines is 1. The number of hydrogen-bond acceptors (Lipinski definition) is 10. The Hall–Kier alpha value is -2.67. The smallest absolute Gasteiger partial charge is 0.324 e. The molecule has 0 radical (unpaired) electrons. The number of allylic oxidation sites excluding steroid dienone is 4. The fourth-order valence-electron chi connectivity index (χ4n) is 3.37. The van der Waals surface area contributed by atoms with Crippen LogP contribution in [-0.4, -0.2) is 101 Å². The van der Waals surface area contributed by atoms with Gasteiger partial charge in [-0.1, -0.05) is 25.5 Å².